The van der Waals surface area contributed by atoms with Crippen LogP contribution in [0.25, 0.3) is 0 Å². The molecule has 3 aromatic carbocycles. The number of carbonyl (C=O) groups excluding carboxylic acids is 2. The molecule has 1 atom stereocenters. The molecule has 4 rings (SSSR count). The third-order valence-corrected chi connectivity index (χ3v) is 6.32. The molecule has 2 amide bonds. The van der Waals surface area contributed by atoms with E-state index >= 15 is 0 Å². The monoisotopic (exact) mass is 420 g/mol. The number of amides is 2. The van der Waals surface area contributed by atoms with Gasteiger partial charge in [-0.2, -0.15) is 0 Å². The van der Waals surface area contributed by atoms with E-state index in [1.807, 2.05) is 43.3 Å². The van der Waals surface area contributed by atoms with Gasteiger partial charge in [-0.25, -0.2) is 4.39 Å². The van der Waals surface area contributed by atoms with Gasteiger partial charge in [-0.3, -0.25) is 14.5 Å². The number of nitrogens with zero attached hydrogens (tertiary/aromatic N) is 1. The molecule has 1 saturated heterocycles. The highest BCUT2D eigenvalue weighted by Crippen LogP contribution is 2.43. The Hall–Kier alpha value is -3.12. The lowest BCUT2D eigenvalue weighted by molar-refractivity contribution is -0.115. The van der Waals surface area contributed by atoms with E-state index in [0.29, 0.717) is 28.3 Å². The molecule has 3 aromatic rings. The van der Waals surface area contributed by atoms with Crippen molar-refractivity contribution >= 4 is 35.0 Å². The quantitative estimate of drug-likeness (QED) is 0.609. The summed E-state index contributed by atoms with van der Waals surface area (Å²) in [6.07, 6.45) is 0. The van der Waals surface area contributed by atoms with Gasteiger partial charge in [0.2, 0.25) is 5.91 Å². The summed E-state index contributed by atoms with van der Waals surface area (Å²) in [5.41, 5.74) is 4.20. The fourth-order valence-corrected chi connectivity index (χ4v) is 4.63. The molecule has 1 heterocycles. The van der Waals surface area contributed by atoms with Crippen LogP contribution in [-0.4, -0.2) is 17.6 Å². The molecule has 0 aliphatic carbocycles. The van der Waals surface area contributed by atoms with Gasteiger partial charge < -0.3 is 5.32 Å². The van der Waals surface area contributed by atoms with E-state index in [4.69, 9.17) is 0 Å². The summed E-state index contributed by atoms with van der Waals surface area (Å²) in [4.78, 5) is 26.8. The third-order valence-electron chi connectivity index (χ3n) is 5.11. The van der Waals surface area contributed by atoms with E-state index in [2.05, 4.69) is 5.32 Å². The van der Waals surface area contributed by atoms with Crippen LogP contribution in [0.5, 0.6) is 0 Å². The Labute approximate surface area is 179 Å². The molecule has 1 fully saturated rings. The molecule has 1 N–H and O–H groups in total. The lowest BCUT2D eigenvalue weighted by Gasteiger charge is -2.26. The fraction of sp³-hybridized carbons (Fsp3) is 0.167. The predicted octanol–water partition coefficient (Wildman–Crippen LogP) is 5.47. The lowest BCUT2D eigenvalue weighted by Crippen LogP contribution is -2.28. The topological polar surface area (TPSA) is 49.4 Å². The molecule has 0 unspecified atom stereocenters. The van der Waals surface area contributed by atoms with Crippen LogP contribution in [0.1, 0.15) is 32.4 Å². The Bertz CT molecular complexity index is 1110. The lowest BCUT2D eigenvalue weighted by atomic mass is 10.1. The summed E-state index contributed by atoms with van der Waals surface area (Å²) in [5.74, 6) is -0.274. The molecular weight excluding hydrogens is 399 g/mol. The number of aryl methyl sites for hydroxylation is 1. The molecule has 0 radical (unpaired) electrons. The molecule has 0 aromatic heterocycles. The Morgan fingerprint density at radius 3 is 2.57 bits per heavy atom. The Morgan fingerprint density at radius 2 is 1.80 bits per heavy atom. The number of benzene rings is 3. The average molecular weight is 421 g/mol. The second kappa shape index (κ2) is 8.32. The molecule has 0 spiro atoms. The first-order valence-electron chi connectivity index (χ1n) is 9.61. The van der Waals surface area contributed by atoms with Gasteiger partial charge in [0.05, 0.1) is 11.4 Å². The number of anilines is 2. The number of thioether (sulfide) groups is 1. The fourth-order valence-electron chi connectivity index (χ4n) is 3.47. The minimum atomic E-state index is -0.338. The largest absolute Gasteiger partial charge is 0.322 e. The van der Waals surface area contributed by atoms with Crippen LogP contribution in [0.2, 0.25) is 0 Å². The first-order valence-corrected chi connectivity index (χ1v) is 10.7. The maximum atomic E-state index is 14.1. The van der Waals surface area contributed by atoms with Crippen LogP contribution < -0.4 is 10.2 Å². The van der Waals surface area contributed by atoms with Crippen molar-refractivity contribution in [2.24, 2.45) is 0 Å². The van der Waals surface area contributed by atoms with E-state index in [-0.39, 0.29) is 23.0 Å². The van der Waals surface area contributed by atoms with E-state index in [1.54, 1.807) is 36.1 Å². The maximum Gasteiger partial charge on any atom is 0.255 e. The second-order valence-corrected chi connectivity index (χ2v) is 8.33. The molecule has 0 saturated carbocycles. The van der Waals surface area contributed by atoms with Gasteiger partial charge >= 0.3 is 0 Å². The van der Waals surface area contributed by atoms with Crippen molar-refractivity contribution in [2.45, 2.75) is 19.2 Å². The molecular formula is C24H21FN2O2S. The van der Waals surface area contributed by atoms with Crippen LogP contribution in [0.4, 0.5) is 15.8 Å². The van der Waals surface area contributed by atoms with Gasteiger partial charge in [-0.05, 0) is 55.8 Å². The minimum absolute atomic E-state index is 0.0622. The zero-order valence-electron chi connectivity index (χ0n) is 16.7. The Balaban J connectivity index is 1.61. The van der Waals surface area contributed by atoms with Crippen molar-refractivity contribution < 1.29 is 14.0 Å². The van der Waals surface area contributed by atoms with Gasteiger partial charge in [-0.1, -0.05) is 35.9 Å². The number of hydrogen-bond donors (Lipinski definition) is 1. The van der Waals surface area contributed by atoms with E-state index < -0.39 is 0 Å². The van der Waals surface area contributed by atoms with Crippen LogP contribution in [-0.2, 0) is 4.79 Å². The normalized spacial score (nSPS) is 16.0. The van der Waals surface area contributed by atoms with Crippen molar-refractivity contribution in [1.29, 1.82) is 0 Å². The minimum Gasteiger partial charge on any atom is -0.322 e. The highest BCUT2D eigenvalue weighted by atomic mass is 32.2. The maximum absolute atomic E-state index is 14.1. The van der Waals surface area contributed by atoms with E-state index in [0.717, 1.165) is 11.1 Å². The van der Waals surface area contributed by atoms with Crippen LogP contribution >= 0.6 is 11.8 Å². The van der Waals surface area contributed by atoms with Gasteiger partial charge in [-0.15, -0.1) is 11.8 Å². The van der Waals surface area contributed by atoms with Crippen molar-refractivity contribution in [2.75, 3.05) is 16.0 Å². The Kier molecular flexibility index (Phi) is 5.59. The number of nitrogens with one attached hydrogen (secondary N) is 1. The second-order valence-electron chi connectivity index (χ2n) is 7.26. The van der Waals surface area contributed by atoms with Crippen LogP contribution in [0.3, 0.4) is 0 Å². The number of halogens is 1. The summed E-state index contributed by atoms with van der Waals surface area (Å²) in [6.45, 7) is 3.65. The molecule has 30 heavy (non-hydrogen) atoms. The predicted molar refractivity (Wildman–Crippen MR) is 119 cm³/mol. The summed E-state index contributed by atoms with van der Waals surface area (Å²) < 4.78 is 14.1. The average Bonchev–Trinajstić information content (AvgIpc) is 3.12. The molecule has 0 bridgehead atoms. The number of carbonyl (C=O) groups is 2. The van der Waals surface area contributed by atoms with Crippen molar-refractivity contribution in [3.63, 3.8) is 0 Å². The molecule has 1 aliphatic heterocycles. The van der Waals surface area contributed by atoms with Crippen molar-refractivity contribution in [1.82, 2.24) is 0 Å². The zero-order chi connectivity index (χ0) is 21.3. The highest BCUT2D eigenvalue weighted by Gasteiger charge is 2.35. The molecule has 1 aliphatic rings. The third kappa shape index (κ3) is 3.96. The summed E-state index contributed by atoms with van der Waals surface area (Å²) >= 11 is 1.49. The first kappa shape index (κ1) is 20.2. The number of rotatable bonds is 4. The molecule has 6 heteroatoms. The van der Waals surface area contributed by atoms with Crippen LogP contribution in [0.15, 0.2) is 66.7 Å². The van der Waals surface area contributed by atoms with Gasteiger partial charge in [0.1, 0.15) is 11.2 Å². The summed E-state index contributed by atoms with van der Waals surface area (Å²) in [5, 5.41) is 2.63. The first-order chi connectivity index (χ1) is 14.4. The summed E-state index contributed by atoms with van der Waals surface area (Å²) in [7, 11) is 0. The SMILES string of the molecule is Cc1ccc(C(=O)Nc2cccc([C@@H]3SCC(=O)N3c3cccc(F)c3C)c2)cc1. The highest BCUT2D eigenvalue weighted by molar-refractivity contribution is 8.00. The van der Waals surface area contributed by atoms with Crippen LogP contribution in [0, 0.1) is 19.7 Å². The zero-order valence-corrected chi connectivity index (χ0v) is 17.5. The molecule has 152 valence electrons. The molecule has 4 nitrogen and oxygen atoms in total. The Morgan fingerprint density at radius 1 is 1.07 bits per heavy atom. The summed E-state index contributed by atoms with van der Waals surface area (Å²) in [6, 6.07) is 19.6. The van der Waals surface area contributed by atoms with Crippen molar-refractivity contribution in [3.05, 3.63) is 94.8 Å². The van der Waals surface area contributed by atoms with Gasteiger partial charge in [0.25, 0.3) is 5.91 Å². The number of hydrogen-bond acceptors (Lipinski definition) is 3. The standard InChI is InChI=1S/C24H21FN2O2S/c1-15-9-11-17(12-10-15)23(29)26-19-6-3-5-18(13-19)24-27(22(28)14-30-24)21-8-4-7-20(25)16(21)2/h3-13,24H,14H2,1-2H3,(H,26,29)/t24-/m0/s1. The van der Waals surface area contributed by atoms with E-state index in [9.17, 15) is 14.0 Å². The van der Waals surface area contributed by atoms with Gasteiger partial charge in [0, 0.05) is 16.8 Å². The smallest absolute Gasteiger partial charge is 0.255 e. The van der Waals surface area contributed by atoms with Gasteiger partial charge in [0.15, 0.2) is 0 Å². The van der Waals surface area contributed by atoms with E-state index in [1.165, 1.54) is 17.8 Å². The van der Waals surface area contributed by atoms with Crippen molar-refractivity contribution in [3.8, 4) is 0 Å².